The Kier molecular flexibility index (Phi) is 6.20. The molecule has 5 heteroatoms. The van der Waals surface area contributed by atoms with Crippen LogP contribution in [0, 0.1) is 11.3 Å². The molecular weight excluding hydrogens is 230 g/mol. The van der Waals surface area contributed by atoms with Crippen molar-refractivity contribution >= 4 is 11.8 Å². The summed E-state index contributed by atoms with van der Waals surface area (Å²) in [4.78, 5) is 24.7. The Morgan fingerprint density at radius 2 is 2.06 bits per heavy atom. The monoisotopic (exact) mass is 251 g/mol. The van der Waals surface area contributed by atoms with E-state index < -0.39 is 0 Å². The molecule has 1 N–H and O–H groups in total. The fourth-order valence-corrected chi connectivity index (χ4v) is 2.09. The summed E-state index contributed by atoms with van der Waals surface area (Å²) >= 11 is 0. The van der Waals surface area contributed by atoms with Crippen molar-refractivity contribution in [3.05, 3.63) is 0 Å². The molecule has 0 unspecified atom stereocenters. The lowest BCUT2D eigenvalue weighted by Crippen LogP contribution is -2.46. The fraction of sp³-hybridized carbons (Fsp3) is 0.769. The Morgan fingerprint density at radius 1 is 1.39 bits per heavy atom. The van der Waals surface area contributed by atoms with Crippen molar-refractivity contribution in [2.45, 2.75) is 51.5 Å². The molecule has 0 aliphatic carbocycles. The average molecular weight is 251 g/mol. The normalized spacial score (nSPS) is 16.1. The van der Waals surface area contributed by atoms with Crippen LogP contribution in [0.4, 0.5) is 0 Å². The van der Waals surface area contributed by atoms with Gasteiger partial charge in [0.05, 0.1) is 6.07 Å². The van der Waals surface area contributed by atoms with Crippen molar-refractivity contribution in [1.82, 2.24) is 10.2 Å². The predicted molar refractivity (Wildman–Crippen MR) is 67.5 cm³/mol. The van der Waals surface area contributed by atoms with E-state index in [9.17, 15) is 9.59 Å². The second-order valence-corrected chi connectivity index (χ2v) is 4.66. The van der Waals surface area contributed by atoms with Crippen LogP contribution in [0.15, 0.2) is 0 Å². The quantitative estimate of drug-likeness (QED) is 0.797. The molecule has 0 aromatic heterocycles. The van der Waals surface area contributed by atoms with E-state index in [0.717, 1.165) is 25.7 Å². The summed E-state index contributed by atoms with van der Waals surface area (Å²) in [5.74, 6) is 0.00640. The number of likely N-dealkylation sites (tertiary alicyclic amines) is 1. The molecule has 100 valence electrons. The second kappa shape index (κ2) is 7.70. The molecular formula is C13H21N3O2. The summed E-state index contributed by atoms with van der Waals surface area (Å²) in [6, 6.07) is 2.05. The topological polar surface area (TPSA) is 73.2 Å². The van der Waals surface area contributed by atoms with Crippen LogP contribution in [0.5, 0.6) is 0 Å². The van der Waals surface area contributed by atoms with Crippen molar-refractivity contribution in [3.8, 4) is 6.07 Å². The van der Waals surface area contributed by atoms with Gasteiger partial charge in [0.15, 0.2) is 0 Å². The highest BCUT2D eigenvalue weighted by molar-refractivity contribution is 5.78. The number of unbranched alkanes of at least 4 members (excludes halogenated alkanes) is 1. The summed E-state index contributed by atoms with van der Waals surface area (Å²) in [6.45, 7) is 3.34. The minimum atomic E-state index is -0.103. The van der Waals surface area contributed by atoms with E-state index in [1.54, 1.807) is 4.90 Å². The number of piperidine rings is 1. The number of hydrogen-bond acceptors (Lipinski definition) is 3. The first-order valence-corrected chi connectivity index (χ1v) is 6.61. The van der Waals surface area contributed by atoms with Crippen molar-refractivity contribution in [3.63, 3.8) is 0 Å². The van der Waals surface area contributed by atoms with Gasteiger partial charge >= 0.3 is 0 Å². The van der Waals surface area contributed by atoms with Gasteiger partial charge in [-0.25, -0.2) is 0 Å². The van der Waals surface area contributed by atoms with Gasteiger partial charge in [-0.2, -0.15) is 5.26 Å². The molecule has 1 heterocycles. The number of nitrogens with one attached hydrogen (secondary N) is 1. The van der Waals surface area contributed by atoms with Crippen molar-refractivity contribution < 1.29 is 9.59 Å². The van der Waals surface area contributed by atoms with Crippen LogP contribution in [0.25, 0.3) is 0 Å². The number of carbonyl (C=O) groups is 2. The molecule has 0 atom stereocenters. The summed E-state index contributed by atoms with van der Waals surface area (Å²) in [6.07, 6.45) is 4.06. The molecule has 1 aliphatic heterocycles. The molecule has 0 spiro atoms. The smallest absolute Gasteiger partial charge is 0.236 e. The van der Waals surface area contributed by atoms with E-state index in [2.05, 4.69) is 12.2 Å². The van der Waals surface area contributed by atoms with Gasteiger partial charge in [-0.15, -0.1) is 0 Å². The highest BCUT2D eigenvalue weighted by Crippen LogP contribution is 2.11. The second-order valence-electron chi connectivity index (χ2n) is 4.66. The van der Waals surface area contributed by atoms with E-state index in [0.29, 0.717) is 19.5 Å². The van der Waals surface area contributed by atoms with Crippen LogP contribution < -0.4 is 5.32 Å². The van der Waals surface area contributed by atoms with Gasteiger partial charge in [0, 0.05) is 25.6 Å². The number of nitrogens with zero attached hydrogens (tertiary/aromatic N) is 2. The molecule has 2 amide bonds. The Bertz CT molecular complexity index is 328. The molecule has 0 radical (unpaired) electrons. The van der Waals surface area contributed by atoms with Gasteiger partial charge in [0.25, 0.3) is 0 Å². The molecule has 0 aromatic rings. The lowest BCUT2D eigenvalue weighted by Gasteiger charge is -2.32. The highest BCUT2D eigenvalue weighted by atomic mass is 16.2. The maximum atomic E-state index is 11.6. The van der Waals surface area contributed by atoms with Crippen LogP contribution >= 0.6 is 0 Å². The number of amides is 2. The molecule has 1 rings (SSSR count). The summed E-state index contributed by atoms with van der Waals surface area (Å²) < 4.78 is 0. The van der Waals surface area contributed by atoms with Crippen LogP contribution in [-0.2, 0) is 9.59 Å². The molecule has 18 heavy (non-hydrogen) atoms. The summed E-state index contributed by atoms with van der Waals surface area (Å²) in [5.41, 5.74) is 0. The first kappa shape index (κ1) is 14.5. The van der Waals surface area contributed by atoms with Gasteiger partial charge in [-0.05, 0) is 19.3 Å². The lowest BCUT2D eigenvalue weighted by atomic mass is 10.0. The zero-order valence-corrected chi connectivity index (χ0v) is 10.9. The Hall–Kier alpha value is -1.57. The largest absolute Gasteiger partial charge is 0.353 e. The van der Waals surface area contributed by atoms with Gasteiger partial charge in [0.1, 0.15) is 6.42 Å². The first-order valence-electron chi connectivity index (χ1n) is 6.61. The van der Waals surface area contributed by atoms with Crippen LogP contribution in [0.2, 0.25) is 0 Å². The van der Waals surface area contributed by atoms with E-state index in [1.807, 2.05) is 6.07 Å². The zero-order chi connectivity index (χ0) is 13.4. The van der Waals surface area contributed by atoms with E-state index in [1.165, 1.54) is 0 Å². The third-order valence-electron chi connectivity index (χ3n) is 3.20. The molecule has 1 fully saturated rings. The molecule has 1 aliphatic rings. The van der Waals surface area contributed by atoms with Crippen molar-refractivity contribution in [2.24, 2.45) is 0 Å². The summed E-state index contributed by atoms with van der Waals surface area (Å²) in [5, 5.41) is 11.5. The Morgan fingerprint density at radius 3 is 2.61 bits per heavy atom. The van der Waals surface area contributed by atoms with Gasteiger partial charge in [-0.1, -0.05) is 13.3 Å². The average Bonchev–Trinajstić information content (AvgIpc) is 2.37. The van der Waals surface area contributed by atoms with Crippen LogP contribution in [0.1, 0.15) is 45.4 Å². The predicted octanol–water partition coefficient (Wildman–Crippen LogP) is 1.20. The van der Waals surface area contributed by atoms with Crippen LogP contribution in [-0.4, -0.2) is 35.8 Å². The summed E-state index contributed by atoms with van der Waals surface area (Å²) in [7, 11) is 0. The molecule has 0 aromatic carbocycles. The number of nitriles is 1. The highest BCUT2D eigenvalue weighted by Gasteiger charge is 2.23. The van der Waals surface area contributed by atoms with Gasteiger partial charge in [0.2, 0.25) is 11.8 Å². The minimum Gasteiger partial charge on any atom is -0.353 e. The fourth-order valence-electron chi connectivity index (χ4n) is 2.09. The lowest BCUT2D eigenvalue weighted by molar-refractivity contribution is -0.131. The zero-order valence-electron chi connectivity index (χ0n) is 10.9. The van der Waals surface area contributed by atoms with E-state index >= 15 is 0 Å². The Labute approximate surface area is 108 Å². The third-order valence-corrected chi connectivity index (χ3v) is 3.20. The van der Waals surface area contributed by atoms with Gasteiger partial charge in [-0.3, -0.25) is 9.59 Å². The van der Waals surface area contributed by atoms with E-state index in [4.69, 9.17) is 5.26 Å². The minimum absolute atomic E-state index is 0.0481. The Balaban J connectivity index is 2.25. The molecule has 5 nitrogen and oxygen atoms in total. The van der Waals surface area contributed by atoms with Crippen LogP contribution in [0.3, 0.4) is 0 Å². The maximum absolute atomic E-state index is 11.6. The molecule has 0 saturated carbocycles. The first-order chi connectivity index (χ1) is 8.67. The van der Waals surface area contributed by atoms with Crippen molar-refractivity contribution in [1.29, 1.82) is 5.26 Å². The third kappa shape index (κ3) is 4.74. The van der Waals surface area contributed by atoms with Crippen molar-refractivity contribution in [2.75, 3.05) is 13.1 Å². The molecule has 1 saturated heterocycles. The maximum Gasteiger partial charge on any atom is 0.236 e. The number of carbonyl (C=O) groups excluding carboxylic acids is 2. The number of rotatable bonds is 5. The van der Waals surface area contributed by atoms with Gasteiger partial charge < -0.3 is 10.2 Å². The standard InChI is InChI=1S/C13H21N3O2/c1-2-3-4-12(17)15-11-6-9-16(10-7-11)13(18)5-8-14/h11H,2-7,9-10H2,1H3,(H,15,17). The number of hydrogen-bond donors (Lipinski definition) is 1. The SMILES string of the molecule is CCCCC(=O)NC1CCN(C(=O)CC#N)CC1. The van der Waals surface area contributed by atoms with E-state index in [-0.39, 0.29) is 24.3 Å². The molecule has 0 bridgehead atoms.